The van der Waals surface area contributed by atoms with Crippen LogP contribution in [0.4, 0.5) is 5.69 Å². The molecule has 1 aromatic rings. The molecule has 0 bridgehead atoms. The number of benzene rings is 1. The molecule has 0 aromatic heterocycles. The third-order valence-corrected chi connectivity index (χ3v) is 3.59. The second-order valence-electron chi connectivity index (χ2n) is 4.67. The zero-order chi connectivity index (χ0) is 15.3. The largest absolute Gasteiger partial charge is 0.355 e. The van der Waals surface area contributed by atoms with Gasteiger partial charge in [0.25, 0.3) is 5.91 Å². The van der Waals surface area contributed by atoms with Crippen molar-refractivity contribution in [2.24, 2.45) is 11.7 Å². The van der Waals surface area contributed by atoms with Crippen molar-refractivity contribution in [1.29, 1.82) is 0 Å². The van der Waals surface area contributed by atoms with Crippen molar-refractivity contribution in [2.45, 2.75) is 26.3 Å². The molecule has 0 saturated carbocycles. The summed E-state index contributed by atoms with van der Waals surface area (Å²) in [5.74, 6) is -0.498. The Kier molecular flexibility index (Phi) is 5.98. The van der Waals surface area contributed by atoms with Gasteiger partial charge in [-0.2, -0.15) is 0 Å². The summed E-state index contributed by atoms with van der Waals surface area (Å²) in [7, 11) is 1.52. The molecule has 20 heavy (non-hydrogen) atoms. The standard InChI is InChI=1S/C14H20ClN3O2/c1-4-8(2)12(16)14(20)18-9-5-6-11(15)10(7-9)13(19)17-3/h5-8,12H,4,16H2,1-3H3,(H,17,19)(H,18,20). The fraction of sp³-hybridized carbons (Fsp3) is 0.429. The van der Waals surface area contributed by atoms with Gasteiger partial charge in [-0.1, -0.05) is 31.9 Å². The van der Waals surface area contributed by atoms with Gasteiger partial charge in [0.1, 0.15) is 0 Å². The minimum Gasteiger partial charge on any atom is -0.355 e. The van der Waals surface area contributed by atoms with Crippen molar-refractivity contribution in [3.8, 4) is 0 Å². The zero-order valence-corrected chi connectivity index (χ0v) is 12.6. The topological polar surface area (TPSA) is 84.2 Å². The monoisotopic (exact) mass is 297 g/mol. The van der Waals surface area contributed by atoms with Gasteiger partial charge in [-0.25, -0.2) is 0 Å². The molecule has 0 aliphatic rings. The zero-order valence-electron chi connectivity index (χ0n) is 11.9. The summed E-state index contributed by atoms with van der Waals surface area (Å²) in [6, 6.07) is 4.15. The SMILES string of the molecule is CCC(C)C(N)C(=O)Nc1ccc(Cl)c(C(=O)NC)c1. The van der Waals surface area contributed by atoms with Crippen LogP contribution in [0.25, 0.3) is 0 Å². The predicted octanol–water partition coefficient (Wildman–Crippen LogP) is 2.01. The molecule has 2 unspecified atom stereocenters. The van der Waals surface area contributed by atoms with Crippen LogP contribution < -0.4 is 16.4 Å². The Hall–Kier alpha value is -1.59. The lowest BCUT2D eigenvalue weighted by Gasteiger charge is -2.18. The molecule has 110 valence electrons. The van der Waals surface area contributed by atoms with Crippen molar-refractivity contribution < 1.29 is 9.59 Å². The lowest BCUT2D eigenvalue weighted by molar-refractivity contribution is -0.118. The second-order valence-corrected chi connectivity index (χ2v) is 5.08. The average molecular weight is 298 g/mol. The quantitative estimate of drug-likeness (QED) is 0.777. The molecular weight excluding hydrogens is 278 g/mol. The van der Waals surface area contributed by atoms with Crippen LogP contribution in [0.5, 0.6) is 0 Å². The first-order valence-corrected chi connectivity index (χ1v) is 6.86. The average Bonchev–Trinajstić information content (AvgIpc) is 2.46. The van der Waals surface area contributed by atoms with Crippen molar-refractivity contribution >= 4 is 29.1 Å². The van der Waals surface area contributed by atoms with Gasteiger partial charge in [0.15, 0.2) is 0 Å². The van der Waals surface area contributed by atoms with E-state index < -0.39 is 6.04 Å². The highest BCUT2D eigenvalue weighted by atomic mass is 35.5. The number of carbonyl (C=O) groups is 2. The van der Waals surface area contributed by atoms with Crippen LogP contribution in [0.2, 0.25) is 5.02 Å². The Bertz CT molecular complexity index is 505. The number of hydrogen-bond donors (Lipinski definition) is 3. The minimum absolute atomic E-state index is 0.0840. The fourth-order valence-corrected chi connectivity index (χ4v) is 1.85. The Balaban J connectivity index is 2.88. The molecule has 1 aromatic carbocycles. The van der Waals surface area contributed by atoms with Gasteiger partial charge in [-0.05, 0) is 24.1 Å². The number of halogens is 1. The molecule has 0 heterocycles. The molecule has 0 spiro atoms. The van der Waals surface area contributed by atoms with E-state index in [-0.39, 0.29) is 17.7 Å². The van der Waals surface area contributed by atoms with Gasteiger partial charge in [0, 0.05) is 12.7 Å². The molecule has 0 aliphatic carbocycles. The number of amides is 2. The molecule has 0 radical (unpaired) electrons. The maximum absolute atomic E-state index is 12.0. The maximum atomic E-state index is 12.0. The molecule has 0 aliphatic heterocycles. The summed E-state index contributed by atoms with van der Waals surface area (Å²) < 4.78 is 0. The maximum Gasteiger partial charge on any atom is 0.252 e. The Morgan fingerprint density at radius 2 is 2.05 bits per heavy atom. The van der Waals surface area contributed by atoms with Crippen LogP contribution >= 0.6 is 11.6 Å². The first-order chi connectivity index (χ1) is 9.40. The van der Waals surface area contributed by atoms with E-state index in [9.17, 15) is 9.59 Å². The van der Waals surface area contributed by atoms with Crippen LogP contribution in [0.1, 0.15) is 30.6 Å². The molecule has 1 rings (SSSR count). The third-order valence-electron chi connectivity index (χ3n) is 3.27. The van der Waals surface area contributed by atoms with Crippen molar-refractivity contribution in [3.05, 3.63) is 28.8 Å². The number of hydrogen-bond acceptors (Lipinski definition) is 3. The summed E-state index contributed by atoms with van der Waals surface area (Å²) in [5.41, 5.74) is 6.66. The third kappa shape index (κ3) is 3.95. The van der Waals surface area contributed by atoms with E-state index in [1.165, 1.54) is 13.1 Å². The van der Waals surface area contributed by atoms with Gasteiger partial charge in [-0.15, -0.1) is 0 Å². The van der Waals surface area contributed by atoms with E-state index >= 15 is 0 Å². The van der Waals surface area contributed by atoms with E-state index in [2.05, 4.69) is 10.6 Å². The molecule has 0 fully saturated rings. The summed E-state index contributed by atoms with van der Waals surface area (Å²) in [5, 5.41) is 5.52. The summed E-state index contributed by atoms with van der Waals surface area (Å²) in [6.45, 7) is 3.89. The van der Waals surface area contributed by atoms with Gasteiger partial charge in [-0.3, -0.25) is 9.59 Å². The first-order valence-electron chi connectivity index (χ1n) is 6.48. The minimum atomic E-state index is -0.584. The molecule has 2 amide bonds. The smallest absolute Gasteiger partial charge is 0.252 e. The molecular formula is C14H20ClN3O2. The number of anilines is 1. The molecule has 6 heteroatoms. The van der Waals surface area contributed by atoms with E-state index in [1.807, 2.05) is 13.8 Å². The molecule has 5 nitrogen and oxygen atoms in total. The van der Waals surface area contributed by atoms with Crippen LogP contribution in [0, 0.1) is 5.92 Å². The van der Waals surface area contributed by atoms with Crippen LogP contribution in [-0.2, 0) is 4.79 Å². The number of nitrogens with two attached hydrogens (primary N) is 1. The van der Waals surface area contributed by atoms with Crippen LogP contribution in [0.3, 0.4) is 0 Å². The lowest BCUT2D eigenvalue weighted by Crippen LogP contribution is -2.40. The number of carbonyl (C=O) groups excluding carboxylic acids is 2. The van der Waals surface area contributed by atoms with Gasteiger partial charge in [0.2, 0.25) is 5.91 Å². The van der Waals surface area contributed by atoms with E-state index in [1.54, 1.807) is 12.1 Å². The molecule has 2 atom stereocenters. The highest BCUT2D eigenvalue weighted by Crippen LogP contribution is 2.21. The van der Waals surface area contributed by atoms with Crippen molar-refractivity contribution in [2.75, 3.05) is 12.4 Å². The van der Waals surface area contributed by atoms with Crippen molar-refractivity contribution in [3.63, 3.8) is 0 Å². The van der Waals surface area contributed by atoms with Crippen LogP contribution in [0.15, 0.2) is 18.2 Å². The van der Waals surface area contributed by atoms with E-state index in [4.69, 9.17) is 17.3 Å². The Labute approximate surface area is 123 Å². The van der Waals surface area contributed by atoms with Gasteiger partial charge < -0.3 is 16.4 Å². The highest BCUT2D eigenvalue weighted by Gasteiger charge is 2.20. The van der Waals surface area contributed by atoms with E-state index in [0.717, 1.165) is 6.42 Å². The lowest BCUT2D eigenvalue weighted by atomic mass is 9.99. The predicted molar refractivity (Wildman–Crippen MR) is 80.9 cm³/mol. The molecule has 0 saturated heterocycles. The number of nitrogens with one attached hydrogen (secondary N) is 2. The fourth-order valence-electron chi connectivity index (χ4n) is 1.65. The van der Waals surface area contributed by atoms with Gasteiger partial charge in [0.05, 0.1) is 16.6 Å². The highest BCUT2D eigenvalue weighted by molar-refractivity contribution is 6.34. The number of rotatable bonds is 5. The normalized spacial score (nSPS) is 13.4. The Morgan fingerprint density at radius 1 is 1.40 bits per heavy atom. The van der Waals surface area contributed by atoms with Crippen molar-refractivity contribution in [1.82, 2.24) is 5.32 Å². The van der Waals surface area contributed by atoms with E-state index in [0.29, 0.717) is 16.3 Å². The summed E-state index contributed by atoms with van der Waals surface area (Å²) in [4.78, 5) is 23.6. The summed E-state index contributed by atoms with van der Waals surface area (Å²) in [6.07, 6.45) is 0.818. The summed E-state index contributed by atoms with van der Waals surface area (Å²) >= 11 is 5.94. The van der Waals surface area contributed by atoms with Gasteiger partial charge >= 0.3 is 0 Å². The second kappa shape index (κ2) is 7.26. The molecule has 4 N–H and O–H groups in total. The Morgan fingerprint density at radius 3 is 2.60 bits per heavy atom. The van der Waals surface area contributed by atoms with Crippen LogP contribution in [-0.4, -0.2) is 24.9 Å². The first kappa shape index (κ1) is 16.5.